The zero-order chi connectivity index (χ0) is 58.0. The number of nitrogens with one attached hydrogen (secondary N) is 9. The number of hydrogen-bond donors (Lipinski definition) is 15. The number of rotatable bonds is 32. The third-order valence-corrected chi connectivity index (χ3v) is 12.9. The zero-order valence-corrected chi connectivity index (χ0v) is 44.6. The highest BCUT2D eigenvalue weighted by Crippen LogP contribution is 2.21. The summed E-state index contributed by atoms with van der Waals surface area (Å²) in [6.45, 7) is 3.01. The first kappa shape index (κ1) is 63.2. The van der Waals surface area contributed by atoms with E-state index in [1.807, 2.05) is 0 Å². The number of carbonyl (C=O) groups excluding carboxylic acids is 8. The van der Waals surface area contributed by atoms with Gasteiger partial charge in [-0.15, -0.1) is 0 Å². The van der Waals surface area contributed by atoms with E-state index in [4.69, 9.17) is 22.6 Å². The normalized spacial score (nSPS) is 15.2. The van der Waals surface area contributed by atoms with E-state index in [-0.39, 0.29) is 94.4 Å². The Hall–Kier alpha value is -8.32. The highest BCUT2D eigenvalue weighted by Gasteiger charge is 2.39. The number of guanidine groups is 1. The number of phenolic OH excluding ortho intramolecular Hbond substituents is 2. The van der Waals surface area contributed by atoms with Crippen molar-refractivity contribution in [3.8, 4) is 11.5 Å². The summed E-state index contributed by atoms with van der Waals surface area (Å²) in [4.78, 5) is 123. The van der Waals surface area contributed by atoms with Crippen LogP contribution in [0.15, 0.2) is 78.9 Å². The number of nitrogens with zero attached hydrogens (tertiary/aromatic N) is 1. The van der Waals surface area contributed by atoms with Crippen molar-refractivity contribution in [1.29, 1.82) is 5.41 Å². The van der Waals surface area contributed by atoms with Gasteiger partial charge in [-0.2, -0.15) is 0 Å². The van der Waals surface area contributed by atoms with Crippen molar-refractivity contribution >= 4 is 59.2 Å². The third kappa shape index (κ3) is 22.3. The number of aromatic hydroxyl groups is 2. The minimum Gasteiger partial charge on any atom is -0.508 e. The van der Waals surface area contributed by atoms with E-state index in [0.717, 1.165) is 0 Å². The number of carboxylic acids is 1. The minimum atomic E-state index is -1.35. The number of hydrogen-bond acceptors (Lipinski definition) is 14. The molecular weight excluding hydrogens is 1020 g/mol. The van der Waals surface area contributed by atoms with E-state index in [2.05, 4.69) is 42.5 Å². The third-order valence-electron chi connectivity index (χ3n) is 12.9. The molecular formula is C54H77N13O12. The molecule has 6 unspecified atom stereocenters. The van der Waals surface area contributed by atoms with E-state index in [1.165, 1.54) is 29.2 Å². The molecule has 430 valence electrons. The Morgan fingerprint density at radius 1 is 0.608 bits per heavy atom. The fourth-order valence-electron chi connectivity index (χ4n) is 8.73. The number of amides is 8. The van der Waals surface area contributed by atoms with Gasteiger partial charge in [0.25, 0.3) is 0 Å². The van der Waals surface area contributed by atoms with Gasteiger partial charge < -0.3 is 80.0 Å². The summed E-state index contributed by atoms with van der Waals surface area (Å²) < 4.78 is 0. The average molecular weight is 1100 g/mol. The molecule has 79 heavy (non-hydrogen) atoms. The van der Waals surface area contributed by atoms with Gasteiger partial charge in [-0.1, -0.05) is 68.4 Å². The molecule has 8 amide bonds. The van der Waals surface area contributed by atoms with Crippen LogP contribution in [0.2, 0.25) is 0 Å². The monoisotopic (exact) mass is 1100 g/mol. The number of aliphatic carboxylic acids is 1. The van der Waals surface area contributed by atoms with E-state index >= 15 is 0 Å². The molecule has 0 aliphatic carbocycles. The lowest BCUT2D eigenvalue weighted by Gasteiger charge is -2.30. The molecule has 3 aromatic carbocycles. The maximum absolute atomic E-state index is 14.4. The van der Waals surface area contributed by atoms with Gasteiger partial charge in [0.15, 0.2) is 5.96 Å². The number of unbranched alkanes of at least 4 members (excludes halogenated alkanes) is 1. The molecule has 0 aromatic heterocycles. The number of likely N-dealkylation sites (tertiary alicyclic amines) is 1. The Morgan fingerprint density at radius 2 is 1.11 bits per heavy atom. The lowest BCUT2D eigenvalue weighted by atomic mass is 10.00. The van der Waals surface area contributed by atoms with Crippen LogP contribution in [0.5, 0.6) is 11.5 Å². The predicted octanol–water partition coefficient (Wildman–Crippen LogP) is -1.38. The van der Waals surface area contributed by atoms with Crippen LogP contribution in [0.1, 0.15) is 81.9 Å². The number of phenols is 2. The molecule has 3 aromatic rings. The highest BCUT2D eigenvalue weighted by molar-refractivity contribution is 5.97. The van der Waals surface area contributed by atoms with E-state index in [1.54, 1.807) is 68.4 Å². The molecule has 1 saturated heterocycles. The first-order valence-electron chi connectivity index (χ1n) is 26.4. The molecule has 1 fully saturated rings. The Morgan fingerprint density at radius 3 is 1.68 bits per heavy atom. The quantitative estimate of drug-likeness (QED) is 0.0195. The van der Waals surface area contributed by atoms with Crippen molar-refractivity contribution in [3.05, 3.63) is 95.6 Å². The molecule has 18 N–H and O–H groups in total. The van der Waals surface area contributed by atoms with Gasteiger partial charge in [-0.3, -0.25) is 43.8 Å². The summed E-state index contributed by atoms with van der Waals surface area (Å²) in [5.74, 6) is -7.66. The fourth-order valence-corrected chi connectivity index (χ4v) is 8.73. The second-order valence-corrected chi connectivity index (χ2v) is 19.8. The van der Waals surface area contributed by atoms with Crippen LogP contribution in [-0.2, 0) is 62.4 Å². The number of nitrogens with two attached hydrogens (primary N) is 3. The summed E-state index contributed by atoms with van der Waals surface area (Å²) in [5.41, 5.74) is 19.1. The summed E-state index contributed by atoms with van der Waals surface area (Å²) in [6.07, 6.45) is 1.67. The molecule has 25 nitrogen and oxygen atoms in total. The summed E-state index contributed by atoms with van der Waals surface area (Å²) in [5, 5.41) is 57.9. The summed E-state index contributed by atoms with van der Waals surface area (Å²) in [7, 11) is 0. The first-order chi connectivity index (χ1) is 37.6. The van der Waals surface area contributed by atoms with Crippen LogP contribution in [0.25, 0.3) is 0 Å². The molecule has 1 heterocycles. The van der Waals surface area contributed by atoms with Gasteiger partial charge in [0.1, 0.15) is 47.8 Å². The summed E-state index contributed by atoms with van der Waals surface area (Å²) >= 11 is 0. The van der Waals surface area contributed by atoms with E-state index in [0.29, 0.717) is 36.0 Å². The molecule has 1 aliphatic rings. The van der Waals surface area contributed by atoms with Gasteiger partial charge in [-0.25, -0.2) is 4.79 Å². The number of carboxylic acid groups (broad SMARTS) is 1. The van der Waals surface area contributed by atoms with Crippen LogP contribution in [-0.4, -0.2) is 154 Å². The number of carbonyl (C=O) groups is 9. The lowest BCUT2D eigenvalue weighted by molar-refractivity contribution is -0.149. The maximum atomic E-state index is 14.4. The minimum absolute atomic E-state index is 0.0373. The zero-order valence-electron chi connectivity index (χ0n) is 44.6. The Labute approximate surface area is 458 Å². The molecule has 0 spiro atoms. The van der Waals surface area contributed by atoms with Crippen molar-refractivity contribution in [2.45, 2.75) is 127 Å². The molecule has 4 rings (SSSR count). The molecule has 0 bridgehead atoms. The van der Waals surface area contributed by atoms with Gasteiger partial charge in [-0.05, 0) is 111 Å². The molecule has 0 saturated carbocycles. The largest absolute Gasteiger partial charge is 0.508 e. The SMILES string of the molecule is CC(C)CC(NC(=O)C(Cc1ccccc1)NC(=O)CNC(=O)CNC(=O)C(N)Cc1ccc(O)cc1)C(=O)NC(CCCNC(=N)N)C(=O)NC(CCCCN)C(=O)NC(Cc1ccc(O)cc1)C(=O)N1CCC[C@H]1C(=O)O. The van der Waals surface area contributed by atoms with Crippen molar-refractivity contribution in [2.24, 2.45) is 23.1 Å². The Balaban J connectivity index is 1.51. The van der Waals surface area contributed by atoms with Crippen LogP contribution < -0.4 is 59.7 Å². The van der Waals surface area contributed by atoms with Gasteiger partial charge in [0.05, 0.1) is 19.1 Å². The standard InChI is InChI=1S/C54H77N13O12/c1-32(2)26-41(65-51(76)42(28-33-10-4-3-5-11-33)62-46(71)31-60-45(70)30-61-47(72)38(56)27-34-15-19-36(68)20-16-34)50(75)64-40(13-8-24-59-54(57)58)48(73)63-39(12-6-7-23-55)49(74)66-43(29-35-17-21-37(69)22-18-35)52(77)67-25-9-14-44(67)53(78)79/h3-5,10-11,15-22,32,38-44,68-69H,6-9,12-14,23-31,55-56H2,1-2H3,(H,60,70)(H,61,72)(H,62,71)(H,63,73)(H,64,75)(H,65,76)(H,66,74)(H,78,79)(H4,57,58,59)/t38?,39?,40?,41?,42?,43?,44-/m0/s1. The van der Waals surface area contributed by atoms with Crippen LogP contribution >= 0.6 is 0 Å². The Kier molecular flexibility index (Phi) is 25.9. The first-order valence-corrected chi connectivity index (χ1v) is 26.4. The maximum Gasteiger partial charge on any atom is 0.326 e. The molecule has 0 radical (unpaired) electrons. The van der Waals surface area contributed by atoms with E-state index in [9.17, 15) is 58.5 Å². The van der Waals surface area contributed by atoms with Crippen molar-refractivity contribution in [3.63, 3.8) is 0 Å². The highest BCUT2D eigenvalue weighted by atomic mass is 16.4. The van der Waals surface area contributed by atoms with Gasteiger partial charge >= 0.3 is 5.97 Å². The fraction of sp³-hybridized carbons (Fsp3) is 0.481. The van der Waals surface area contributed by atoms with E-state index < -0.39 is 109 Å². The van der Waals surface area contributed by atoms with Crippen molar-refractivity contribution in [1.82, 2.24) is 47.4 Å². The Bertz CT molecular complexity index is 2540. The smallest absolute Gasteiger partial charge is 0.326 e. The number of benzene rings is 3. The summed E-state index contributed by atoms with van der Waals surface area (Å²) in [6, 6.07) is 12.1. The second-order valence-electron chi connectivity index (χ2n) is 19.8. The lowest BCUT2D eigenvalue weighted by Crippen LogP contribution is -2.60. The van der Waals surface area contributed by atoms with Crippen LogP contribution in [0.4, 0.5) is 0 Å². The predicted molar refractivity (Wildman–Crippen MR) is 291 cm³/mol. The van der Waals surface area contributed by atoms with Crippen molar-refractivity contribution < 1.29 is 58.5 Å². The van der Waals surface area contributed by atoms with Crippen molar-refractivity contribution in [2.75, 3.05) is 32.7 Å². The molecule has 7 atom stereocenters. The van der Waals surface area contributed by atoms with Gasteiger partial charge in [0, 0.05) is 25.9 Å². The molecule has 1 aliphatic heterocycles. The molecule has 25 heteroatoms. The van der Waals surface area contributed by atoms with Gasteiger partial charge in [0.2, 0.25) is 47.3 Å². The topological polar surface area (TPSA) is 416 Å². The average Bonchev–Trinajstić information content (AvgIpc) is 3.91. The second kappa shape index (κ2) is 32.4. The van der Waals surface area contributed by atoms with Crippen LogP contribution in [0.3, 0.4) is 0 Å². The van der Waals surface area contributed by atoms with Crippen LogP contribution in [0, 0.1) is 11.3 Å².